The number of carboxylic acids is 1. The number of carbonyl (C=O) groups is 2. The summed E-state index contributed by atoms with van der Waals surface area (Å²) in [6.07, 6.45) is 1.45. The molecule has 1 rings (SSSR count). The first-order valence-electron chi connectivity index (χ1n) is 6.09. The van der Waals surface area contributed by atoms with Gasteiger partial charge in [0.25, 0.3) is 0 Å². The Morgan fingerprint density at radius 2 is 2.17 bits per heavy atom. The minimum Gasteiger partial charge on any atom is -0.479 e. The number of urea groups is 1. The number of nitrogens with one attached hydrogen (secondary N) is 2. The molecule has 0 aromatic rings. The Balaban J connectivity index is 2.19. The smallest absolute Gasteiger partial charge is 0.334 e. The van der Waals surface area contributed by atoms with Crippen LogP contribution in [0.4, 0.5) is 4.79 Å². The second-order valence-electron chi connectivity index (χ2n) is 4.30. The second kappa shape index (κ2) is 7.48. The number of rotatable bonds is 6. The molecule has 2 amide bonds. The highest BCUT2D eigenvalue weighted by Gasteiger charge is 2.25. The van der Waals surface area contributed by atoms with Crippen LogP contribution in [-0.4, -0.2) is 51.9 Å². The molecule has 0 heterocycles. The van der Waals surface area contributed by atoms with E-state index in [4.69, 9.17) is 10.2 Å². The lowest BCUT2D eigenvalue weighted by Crippen LogP contribution is -2.45. The molecule has 7 heteroatoms. The first kappa shape index (κ1) is 15.1. The molecule has 0 aliphatic heterocycles. The van der Waals surface area contributed by atoms with Crippen LogP contribution in [-0.2, 0) is 4.79 Å². The third-order valence-corrected chi connectivity index (χ3v) is 4.10. The maximum absolute atomic E-state index is 11.5. The van der Waals surface area contributed by atoms with Crippen LogP contribution >= 0.6 is 11.8 Å². The van der Waals surface area contributed by atoms with Crippen molar-refractivity contribution in [2.75, 3.05) is 12.3 Å². The van der Waals surface area contributed by atoms with Crippen LogP contribution in [0.1, 0.15) is 26.2 Å². The number of hydrogen-bond acceptors (Lipinski definition) is 4. The monoisotopic (exact) mass is 276 g/mol. The standard InChI is InChI=1S/C11H20N2O4S/c1-2-18-8-4-3-7(5-8)13-11(17)12-6-9(14)10(15)16/h7-9,14H,2-6H2,1H3,(H,15,16)(H2,12,13,17)/t7?,8?,9-/m0/s1. The molecular weight excluding hydrogens is 256 g/mol. The van der Waals surface area contributed by atoms with Crippen molar-refractivity contribution in [3.05, 3.63) is 0 Å². The Hall–Kier alpha value is -0.950. The molecule has 1 aliphatic rings. The Kier molecular flexibility index (Phi) is 6.28. The average Bonchev–Trinajstić information content (AvgIpc) is 2.73. The number of carboxylic acid groups (broad SMARTS) is 1. The fourth-order valence-corrected chi connectivity index (χ4v) is 3.11. The Bertz CT molecular complexity index is 301. The number of aliphatic hydroxyl groups is 1. The second-order valence-corrected chi connectivity index (χ2v) is 5.87. The Labute approximate surface area is 111 Å². The summed E-state index contributed by atoms with van der Waals surface area (Å²) in [5.41, 5.74) is 0. The molecule has 3 atom stereocenters. The van der Waals surface area contributed by atoms with Gasteiger partial charge in [-0.25, -0.2) is 9.59 Å². The maximum atomic E-state index is 11.5. The van der Waals surface area contributed by atoms with Gasteiger partial charge in [0.15, 0.2) is 6.10 Å². The SMILES string of the molecule is CCSC1CCC(NC(=O)NC[C@H](O)C(=O)O)C1. The molecular formula is C11H20N2O4S. The predicted octanol–water partition coefficient (Wildman–Crippen LogP) is 0.405. The van der Waals surface area contributed by atoms with Crippen molar-refractivity contribution in [2.24, 2.45) is 0 Å². The van der Waals surface area contributed by atoms with Crippen molar-refractivity contribution >= 4 is 23.8 Å². The van der Waals surface area contributed by atoms with Crippen LogP contribution in [0.15, 0.2) is 0 Å². The van der Waals surface area contributed by atoms with Crippen LogP contribution in [0.25, 0.3) is 0 Å². The lowest BCUT2D eigenvalue weighted by Gasteiger charge is -2.14. The third-order valence-electron chi connectivity index (χ3n) is 2.86. The molecule has 0 aromatic heterocycles. The molecule has 6 nitrogen and oxygen atoms in total. The largest absolute Gasteiger partial charge is 0.479 e. The fraction of sp³-hybridized carbons (Fsp3) is 0.818. The van der Waals surface area contributed by atoms with Crippen molar-refractivity contribution in [2.45, 2.75) is 43.6 Å². The van der Waals surface area contributed by atoms with Crippen LogP contribution in [0.2, 0.25) is 0 Å². The molecule has 2 unspecified atom stereocenters. The number of thioether (sulfide) groups is 1. The van der Waals surface area contributed by atoms with Crippen molar-refractivity contribution in [1.82, 2.24) is 10.6 Å². The van der Waals surface area contributed by atoms with Gasteiger partial charge < -0.3 is 20.8 Å². The highest BCUT2D eigenvalue weighted by Crippen LogP contribution is 2.29. The van der Waals surface area contributed by atoms with Gasteiger partial charge in [-0.05, 0) is 25.0 Å². The van der Waals surface area contributed by atoms with Crippen molar-refractivity contribution < 1.29 is 19.8 Å². The van der Waals surface area contributed by atoms with Gasteiger partial charge in [0.2, 0.25) is 0 Å². The summed E-state index contributed by atoms with van der Waals surface area (Å²) in [6.45, 7) is 1.84. The summed E-state index contributed by atoms with van der Waals surface area (Å²) in [4.78, 5) is 21.8. The van der Waals surface area contributed by atoms with Gasteiger partial charge in [-0.2, -0.15) is 11.8 Å². The van der Waals surface area contributed by atoms with Gasteiger partial charge in [-0.3, -0.25) is 0 Å². The Morgan fingerprint density at radius 3 is 2.78 bits per heavy atom. The van der Waals surface area contributed by atoms with E-state index in [0.717, 1.165) is 25.0 Å². The molecule has 0 aromatic carbocycles. The average molecular weight is 276 g/mol. The number of aliphatic carboxylic acids is 1. The summed E-state index contributed by atoms with van der Waals surface area (Å²) in [7, 11) is 0. The van der Waals surface area contributed by atoms with E-state index >= 15 is 0 Å². The van der Waals surface area contributed by atoms with E-state index in [1.165, 1.54) is 0 Å². The lowest BCUT2D eigenvalue weighted by molar-refractivity contribution is -0.146. The van der Waals surface area contributed by atoms with Crippen molar-refractivity contribution in [1.29, 1.82) is 0 Å². The third kappa shape index (κ3) is 5.14. The van der Waals surface area contributed by atoms with Gasteiger partial charge in [0.1, 0.15) is 0 Å². The summed E-state index contributed by atoms with van der Waals surface area (Å²) < 4.78 is 0. The highest BCUT2D eigenvalue weighted by molar-refractivity contribution is 7.99. The highest BCUT2D eigenvalue weighted by atomic mass is 32.2. The van der Waals surface area contributed by atoms with E-state index in [0.29, 0.717) is 5.25 Å². The van der Waals surface area contributed by atoms with Crippen LogP contribution in [0.5, 0.6) is 0 Å². The minimum atomic E-state index is -1.55. The summed E-state index contributed by atoms with van der Waals surface area (Å²) in [5.74, 6) is -0.260. The zero-order valence-electron chi connectivity index (χ0n) is 10.4. The zero-order chi connectivity index (χ0) is 13.5. The molecule has 18 heavy (non-hydrogen) atoms. The molecule has 4 N–H and O–H groups in total. The quantitative estimate of drug-likeness (QED) is 0.563. The van der Waals surface area contributed by atoms with Crippen molar-refractivity contribution in [3.8, 4) is 0 Å². The first-order valence-corrected chi connectivity index (χ1v) is 7.14. The summed E-state index contributed by atoms with van der Waals surface area (Å²) >= 11 is 1.90. The topological polar surface area (TPSA) is 98.7 Å². The zero-order valence-corrected chi connectivity index (χ0v) is 11.2. The fourth-order valence-electron chi connectivity index (χ4n) is 1.97. The lowest BCUT2D eigenvalue weighted by atomic mass is 10.2. The van der Waals surface area contributed by atoms with Crippen LogP contribution in [0.3, 0.4) is 0 Å². The van der Waals surface area contributed by atoms with E-state index < -0.39 is 18.1 Å². The number of amides is 2. The van der Waals surface area contributed by atoms with Crippen molar-refractivity contribution in [3.63, 3.8) is 0 Å². The van der Waals surface area contributed by atoms with Gasteiger partial charge in [-0.1, -0.05) is 6.92 Å². The number of aliphatic hydroxyl groups excluding tert-OH is 1. The molecule has 0 radical (unpaired) electrons. The molecule has 1 fully saturated rings. The minimum absolute atomic E-state index is 0.149. The molecule has 0 saturated heterocycles. The normalized spacial score (nSPS) is 24.6. The first-order chi connectivity index (χ1) is 8.52. The number of hydrogen-bond donors (Lipinski definition) is 4. The van der Waals surface area contributed by atoms with Gasteiger partial charge in [0, 0.05) is 11.3 Å². The van der Waals surface area contributed by atoms with E-state index in [2.05, 4.69) is 17.6 Å². The van der Waals surface area contributed by atoms with E-state index in [-0.39, 0.29) is 12.6 Å². The van der Waals surface area contributed by atoms with Gasteiger partial charge >= 0.3 is 12.0 Å². The van der Waals surface area contributed by atoms with E-state index in [1.807, 2.05) is 11.8 Å². The molecule has 0 spiro atoms. The summed E-state index contributed by atoms with van der Waals surface area (Å²) in [5, 5.41) is 23.2. The Morgan fingerprint density at radius 1 is 1.44 bits per heavy atom. The van der Waals surface area contributed by atoms with E-state index in [1.54, 1.807) is 0 Å². The molecule has 104 valence electrons. The maximum Gasteiger partial charge on any atom is 0.334 e. The molecule has 0 bridgehead atoms. The van der Waals surface area contributed by atoms with Crippen LogP contribution in [0, 0.1) is 0 Å². The summed E-state index contributed by atoms with van der Waals surface area (Å²) in [6, 6.07) is -0.265. The number of carbonyl (C=O) groups excluding carboxylic acids is 1. The predicted molar refractivity (Wildman–Crippen MR) is 69.7 cm³/mol. The molecule has 1 saturated carbocycles. The van der Waals surface area contributed by atoms with Gasteiger partial charge in [0.05, 0.1) is 6.54 Å². The van der Waals surface area contributed by atoms with Crippen LogP contribution < -0.4 is 10.6 Å². The van der Waals surface area contributed by atoms with E-state index in [9.17, 15) is 9.59 Å². The molecule has 1 aliphatic carbocycles. The van der Waals surface area contributed by atoms with Gasteiger partial charge in [-0.15, -0.1) is 0 Å².